The molecule has 24 heavy (non-hydrogen) atoms. The summed E-state index contributed by atoms with van der Waals surface area (Å²) < 4.78 is 32.6. The number of ether oxygens (including phenoxy) is 1. The number of esters is 1. The maximum atomic E-state index is 12.6. The quantitative estimate of drug-likeness (QED) is 0.817. The second-order valence-corrected chi connectivity index (χ2v) is 7.72. The molecule has 6 heteroatoms. The van der Waals surface area contributed by atoms with Crippen LogP contribution in [0.15, 0.2) is 54.6 Å². The highest BCUT2D eigenvalue weighted by Crippen LogP contribution is 2.46. The molecule has 2 aromatic rings. The van der Waals surface area contributed by atoms with Crippen molar-refractivity contribution >= 4 is 16.0 Å². The monoisotopic (exact) mass is 345 g/mol. The molecule has 1 aliphatic rings. The Morgan fingerprint density at radius 3 is 2.46 bits per heavy atom. The fourth-order valence-corrected chi connectivity index (χ4v) is 4.40. The lowest BCUT2D eigenvalue weighted by molar-refractivity contribution is 0.0600. The van der Waals surface area contributed by atoms with Crippen LogP contribution >= 0.6 is 0 Å². The van der Waals surface area contributed by atoms with E-state index in [0.29, 0.717) is 11.1 Å². The van der Waals surface area contributed by atoms with Gasteiger partial charge in [-0.2, -0.15) is 0 Å². The van der Waals surface area contributed by atoms with Gasteiger partial charge in [0, 0.05) is 0 Å². The summed E-state index contributed by atoms with van der Waals surface area (Å²) in [7, 11) is -2.23. The molecule has 2 aromatic carbocycles. The Morgan fingerprint density at radius 2 is 1.83 bits per heavy atom. The summed E-state index contributed by atoms with van der Waals surface area (Å²) in [5.74, 6) is -0.656. The average Bonchev–Trinajstić information content (AvgIpc) is 3.34. The first-order valence-corrected chi connectivity index (χ1v) is 9.34. The first-order valence-electron chi connectivity index (χ1n) is 7.69. The smallest absolute Gasteiger partial charge is 0.337 e. The Balaban J connectivity index is 1.77. The van der Waals surface area contributed by atoms with Gasteiger partial charge in [0.1, 0.15) is 0 Å². The van der Waals surface area contributed by atoms with Gasteiger partial charge in [-0.3, -0.25) is 0 Å². The molecule has 0 heterocycles. The first-order chi connectivity index (χ1) is 11.4. The van der Waals surface area contributed by atoms with E-state index in [1.165, 1.54) is 7.11 Å². The number of carbonyl (C=O) groups is 1. The van der Waals surface area contributed by atoms with Gasteiger partial charge in [0.15, 0.2) is 0 Å². The maximum Gasteiger partial charge on any atom is 0.337 e. The molecule has 126 valence electrons. The van der Waals surface area contributed by atoms with Crippen molar-refractivity contribution in [1.82, 2.24) is 4.72 Å². The standard InChI is InChI=1S/C18H19NO4S/c1-23-17(20)15-7-5-6-14(12-15)13-24(21,22)19-18(10-11-18)16-8-3-2-4-9-16/h2-9,12,19H,10-11,13H2,1H3. The lowest BCUT2D eigenvalue weighted by Gasteiger charge is -2.18. The van der Waals surface area contributed by atoms with Crippen LogP contribution in [-0.2, 0) is 26.1 Å². The number of carbonyl (C=O) groups excluding carboxylic acids is 1. The molecule has 0 radical (unpaired) electrons. The number of sulfonamides is 1. The zero-order valence-corrected chi connectivity index (χ0v) is 14.2. The van der Waals surface area contributed by atoms with Gasteiger partial charge in [0.05, 0.1) is 24.0 Å². The van der Waals surface area contributed by atoms with Crippen LogP contribution < -0.4 is 4.72 Å². The van der Waals surface area contributed by atoms with Crippen LogP contribution in [0.5, 0.6) is 0 Å². The lowest BCUT2D eigenvalue weighted by atomic mass is 10.1. The summed E-state index contributed by atoms with van der Waals surface area (Å²) in [5, 5.41) is 0. The van der Waals surface area contributed by atoms with Gasteiger partial charge in [0.25, 0.3) is 0 Å². The van der Waals surface area contributed by atoms with Crippen LogP contribution in [0.1, 0.15) is 34.3 Å². The van der Waals surface area contributed by atoms with Gasteiger partial charge in [0.2, 0.25) is 10.0 Å². The Morgan fingerprint density at radius 1 is 1.12 bits per heavy atom. The van der Waals surface area contributed by atoms with Crippen LogP contribution in [0.2, 0.25) is 0 Å². The summed E-state index contributed by atoms with van der Waals surface area (Å²) >= 11 is 0. The molecule has 3 rings (SSSR count). The van der Waals surface area contributed by atoms with Crippen molar-refractivity contribution < 1.29 is 17.9 Å². The molecule has 5 nitrogen and oxygen atoms in total. The van der Waals surface area contributed by atoms with E-state index < -0.39 is 21.5 Å². The number of hydrogen-bond donors (Lipinski definition) is 1. The van der Waals surface area contributed by atoms with Gasteiger partial charge < -0.3 is 4.74 Å². The Labute approximate surface area is 141 Å². The third kappa shape index (κ3) is 3.66. The lowest BCUT2D eigenvalue weighted by Crippen LogP contribution is -2.35. The summed E-state index contributed by atoms with van der Waals surface area (Å²) in [5.41, 5.74) is 1.39. The molecule has 0 aliphatic heterocycles. The highest BCUT2D eigenvalue weighted by atomic mass is 32.2. The highest BCUT2D eigenvalue weighted by molar-refractivity contribution is 7.88. The summed E-state index contributed by atoms with van der Waals surface area (Å²) in [4.78, 5) is 11.6. The molecule has 1 N–H and O–H groups in total. The number of nitrogens with one attached hydrogen (secondary N) is 1. The van der Waals surface area contributed by atoms with E-state index in [1.54, 1.807) is 24.3 Å². The molecule has 0 amide bonds. The van der Waals surface area contributed by atoms with E-state index in [0.717, 1.165) is 18.4 Å². The van der Waals surface area contributed by atoms with Crippen LogP contribution in [0.3, 0.4) is 0 Å². The average molecular weight is 345 g/mol. The van der Waals surface area contributed by atoms with Crippen LogP contribution in [0.25, 0.3) is 0 Å². The van der Waals surface area contributed by atoms with Crippen LogP contribution in [0, 0.1) is 0 Å². The summed E-state index contributed by atoms with van der Waals surface area (Å²) in [6.07, 6.45) is 1.58. The largest absolute Gasteiger partial charge is 0.465 e. The molecule has 0 atom stereocenters. The minimum absolute atomic E-state index is 0.174. The summed E-state index contributed by atoms with van der Waals surface area (Å²) in [6.45, 7) is 0. The number of benzene rings is 2. The zero-order chi connectivity index (χ0) is 17.2. The fourth-order valence-electron chi connectivity index (χ4n) is 2.79. The molecular weight excluding hydrogens is 326 g/mol. The van der Waals surface area contributed by atoms with Crippen LogP contribution in [0.4, 0.5) is 0 Å². The minimum atomic E-state index is -3.53. The van der Waals surface area contributed by atoms with Crippen molar-refractivity contribution in [2.24, 2.45) is 0 Å². The molecule has 0 spiro atoms. The molecule has 0 saturated heterocycles. The topological polar surface area (TPSA) is 72.5 Å². The van der Waals surface area contributed by atoms with E-state index in [1.807, 2.05) is 30.3 Å². The van der Waals surface area contributed by atoms with Gasteiger partial charge in [-0.05, 0) is 36.1 Å². The molecule has 1 saturated carbocycles. The normalized spacial score (nSPS) is 15.7. The van der Waals surface area contributed by atoms with Crippen molar-refractivity contribution in [1.29, 1.82) is 0 Å². The number of rotatable bonds is 6. The van der Waals surface area contributed by atoms with E-state index in [-0.39, 0.29) is 5.75 Å². The third-order valence-electron chi connectivity index (χ3n) is 4.13. The van der Waals surface area contributed by atoms with Crippen molar-refractivity contribution in [3.05, 3.63) is 71.3 Å². The summed E-state index contributed by atoms with van der Waals surface area (Å²) in [6, 6.07) is 16.1. The second kappa shape index (κ2) is 6.37. The van der Waals surface area contributed by atoms with Crippen molar-refractivity contribution in [3.63, 3.8) is 0 Å². The molecule has 0 unspecified atom stereocenters. The molecule has 0 aromatic heterocycles. The number of methoxy groups -OCH3 is 1. The van der Waals surface area contributed by atoms with Gasteiger partial charge in [-0.15, -0.1) is 0 Å². The van der Waals surface area contributed by atoms with Crippen molar-refractivity contribution in [2.75, 3.05) is 7.11 Å². The van der Waals surface area contributed by atoms with Crippen LogP contribution in [-0.4, -0.2) is 21.5 Å². The Bertz CT molecular complexity index is 842. The first kappa shape index (κ1) is 16.7. The number of hydrogen-bond acceptors (Lipinski definition) is 4. The molecule has 0 bridgehead atoms. The Kier molecular flexibility index (Phi) is 4.43. The zero-order valence-electron chi connectivity index (χ0n) is 13.4. The van der Waals surface area contributed by atoms with Gasteiger partial charge in [-0.1, -0.05) is 42.5 Å². The third-order valence-corrected chi connectivity index (χ3v) is 5.55. The molecule has 1 fully saturated rings. The second-order valence-electron chi connectivity index (χ2n) is 6.00. The predicted octanol–water partition coefficient (Wildman–Crippen LogP) is 2.58. The highest BCUT2D eigenvalue weighted by Gasteiger charge is 2.47. The van der Waals surface area contributed by atoms with E-state index in [2.05, 4.69) is 9.46 Å². The van der Waals surface area contributed by atoms with Gasteiger partial charge >= 0.3 is 5.97 Å². The van der Waals surface area contributed by atoms with E-state index in [4.69, 9.17) is 0 Å². The fraction of sp³-hybridized carbons (Fsp3) is 0.278. The SMILES string of the molecule is COC(=O)c1cccc(CS(=O)(=O)NC2(c3ccccc3)CC2)c1. The van der Waals surface area contributed by atoms with Crippen molar-refractivity contribution in [2.45, 2.75) is 24.1 Å². The minimum Gasteiger partial charge on any atom is -0.465 e. The maximum absolute atomic E-state index is 12.6. The van der Waals surface area contributed by atoms with E-state index in [9.17, 15) is 13.2 Å². The Hall–Kier alpha value is -2.18. The molecule has 1 aliphatic carbocycles. The molecular formula is C18H19NO4S. The predicted molar refractivity (Wildman–Crippen MR) is 90.9 cm³/mol. The van der Waals surface area contributed by atoms with E-state index >= 15 is 0 Å². The van der Waals surface area contributed by atoms with Gasteiger partial charge in [-0.25, -0.2) is 17.9 Å². The van der Waals surface area contributed by atoms with Crippen molar-refractivity contribution in [3.8, 4) is 0 Å².